The molecule has 6 heteroatoms. The minimum absolute atomic E-state index is 0.0319. The second-order valence-corrected chi connectivity index (χ2v) is 8.22. The lowest BCUT2D eigenvalue weighted by atomic mass is 10.0. The zero-order chi connectivity index (χ0) is 18.8. The first kappa shape index (κ1) is 20.0. The molecule has 0 aliphatic carbocycles. The molecule has 2 aromatic carbocycles. The smallest absolute Gasteiger partial charge is 0.310 e. The predicted octanol–water partition coefficient (Wildman–Crippen LogP) is 5.87. The summed E-state index contributed by atoms with van der Waals surface area (Å²) in [4.78, 5) is 24.6. The molecule has 2 aromatic rings. The third kappa shape index (κ3) is 5.56. The van der Waals surface area contributed by atoms with Gasteiger partial charge in [0.05, 0.1) is 6.42 Å². The molecule has 132 valence electrons. The number of carbonyl (C=O) groups excluding carboxylic acids is 2. The molecule has 0 radical (unpaired) electrons. The second-order valence-electron chi connectivity index (χ2n) is 6.52. The number of esters is 1. The van der Waals surface area contributed by atoms with E-state index in [-0.39, 0.29) is 18.2 Å². The summed E-state index contributed by atoms with van der Waals surface area (Å²) in [6.45, 7) is 5.41. The first-order valence-electron chi connectivity index (χ1n) is 7.57. The van der Waals surface area contributed by atoms with E-state index in [1.54, 1.807) is 57.2 Å². The zero-order valence-corrected chi connectivity index (χ0v) is 17.1. The Morgan fingerprint density at radius 1 is 1.08 bits per heavy atom. The molecule has 0 spiro atoms. The van der Waals surface area contributed by atoms with Crippen LogP contribution >= 0.6 is 39.1 Å². The molecule has 0 aliphatic rings. The highest BCUT2D eigenvalue weighted by Gasteiger charge is 2.20. The van der Waals surface area contributed by atoms with Crippen LogP contribution in [0.2, 0.25) is 10.0 Å². The van der Waals surface area contributed by atoms with E-state index in [0.29, 0.717) is 31.2 Å². The molecular formula is C19H17BrCl2O3. The van der Waals surface area contributed by atoms with Crippen molar-refractivity contribution in [2.24, 2.45) is 0 Å². The minimum atomic E-state index is -0.564. The number of ketones is 1. The monoisotopic (exact) mass is 442 g/mol. The Morgan fingerprint density at radius 2 is 1.68 bits per heavy atom. The van der Waals surface area contributed by atoms with Gasteiger partial charge in [-0.2, -0.15) is 0 Å². The molecule has 0 aliphatic heterocycles. The third-order valence-electron chi connectivity index (χ3n) is 3.24. The number of benzene rings is 2. The molecule has 0 fully saturated rings. The average molecular weight is 444 g/mol. The zero-order valence-electron chi connectivity index (χ0n) is 14.0. The Bertz CT molecular complexity index is 809. The highest BCUT2D eigenvalue weighted by atomic mass is 79.9. The lowest BCUT2D eigenvalue weighted by Gasteiger charge is -2.19. The Kier molecular flexibility index (Phi) is 6.30. The van der Waals surface area contributed by atoms with Crippen molar-refractivity contribution in [2.75, 3.05) is 0 Å². The summed E-state index contributed by atoms with van der Waals surface area (Å²) in [6.07, 6.45) is 0.0319. The standard InChI is InChI=1S/C19H17BrCl2O3/c1-19(2,3)25-17(23)9-12-8-15(20)14(10-16(12)22)18(24)11-4-6-13(21)7-5-11/h4-8,10H,9H2,1-3H3. The summed E-state index contributed by atoms with van der Waals surface area (Å²) in [5, 5.41) is 0.896. The highest BCUT2D eigenvalue weighted by molar-refractivity contribution is 9.10. The van der Waals surface area contributed by atoms with Gasteiger partial charge in [0.1, 0.15) is 5.60 Å². The van der Waals surface area contributed by atoms with Gasteiger partial charge in [0, 0.05) is 25.6 Å². The van der Waals surface area contributed by atoms with Gasteiger partial charge in [0.25, 0.3) is 0 Å². The van der Waals surface area contributed by atoms with Crippen molar-refractivity contribution in [3.63, 3.8) is 0 Å². The molecule has 0 bridgehead atoms. The molecular weight excluding hydrogens is 427 g/mol. The van der Waals surface area contributed by atoms with Crippen molar-refractivity contribution in [1.82, 2.24) is 0 Å². The maximum atomic E-state index is 12.6. The fourth-order valence-electron chi connectivity index (χ4n) is 2.19. The first-order chi connectivity index (χ1) is 11.6. The summed E-state index contributed by atoms with van der Waals surface area (Å²) in [7, 11) is 0. The van der Waals surface area contributed by atoms with Crippen LogP contribution in [0.25, 0.3) is 0 Å². The van der Waals surface area contributed by atoms with Crippen molar-refractivity contribution in [3.8, 4) is 0 Å². The Balaban J connectivity index is 2.26. The summed E-state index contributed by atoms with van der Waals surface area (Å²) in [5.74, 6) is -0.563. The van der Waals surface area contributed by atoms with Crippen LogP contribution in [-0.4, -0.2) is 17.4 Å². The fourth-order valence-corrected chi connectivity index (χ4v) is 3.11. The number of hydrogen-bond acceptors (Lipinski definition) is 3. The molecule has 0 amide bonds. The third-order valence-corrected chi connectivity index (χ3v) is 4.50. The Hall–Kier alpha value is -1.36. The van der Waals surface area contributed by atoms with Crippen LogP contribution in [0.5, 0.6) is 0 Å². The van der Waals surface area contributed by atoms with Crippen molar-refractivity contribution in [1.29, 1.82) is 0 Å². The fraction of sp³-hybridized carbons (Fsp3) is 0.263. The molecule has 0 unspecified atom stereocenters. The van der Waals surface area contributed by atoms with Crippen molar-refractivity contribution in [3.05, 3.63) is 67.6 Å². The highest BCUT2D eigenvalue weighted by Crippen LogP contribution is 2.29. The van der Waals surface area contributed by atoms with E-state index in [1.807, 2.05) is 0 Å². The normalized spacial score (nSPS) is 11.3. The van der Waals surface area contributed by atoms with Crippen LogP contribution < -0.4 is 0 Å². The van der Waals surface area contributed by atoms with Gasteiger partial charge in [-0.1, -0.05) is 39.1 Å². The average Bonchev–Trinajstić information content (AvgIpc) is 2.49. The SMILES string of the molecule is CC(C)(C)OC(=O)Cc1cc(Br)c(C(=O)c2ccc(Cl)cc2)cc1Cl. The van der Waals surface area contributed by atoms with Gasteiger partial charge >= 0.3 is 5.97 Å². The maximum Gasteiger partial charge on any atom is 0.310 e. The quantitative estimate of drug-likeness (QED) is 0.438. The number of rotatable bonds is 4. The summed E-state index contributed by atoms with van der Waals surface area (Å²) >= 11 is 15.5. The molecule has 0 atom stereocenters. The molecule has 0 aromatic heterocycles. The van der Waals surface area contributed by atoms with Crippen LogP contribution in [0.1, 0.15) is 42.3 Å². The van der Waals surface area contributed by atoms with E-state index in [4.69, 9.17) is 27.9 Å². The van der Waals surface area contributed by atoms with Gasteiger partial charge in [-0.25, -0.2) is 0 Å². The first-order valence-corrected chi connectivity index (χ1v) is 9.12. The number of carbonyl (C=O) groups is 2. The Labute approximate surface area is 165 Å². The molecule has 3 nitrogen and oxygen atoms in total. The summed E-state index contributed by atoms with van der Waals surface area (Å²) in [6, 6.07) is 9.85. The number of halogens is 3. The van der Waals surface area contributed by atoms with E-state index < -0.39 is 5.60 Å². The number of ether oxygens (including phenoxy) is 1. The van der Waals surface area contributed by atoms with Crippen molar-refractivity contribution < 1.29 is 14.3 Å². The van der Waals surface area contributed by atoms with Crippen LogP contribution in [-0.2, 0) is 16.0 Å². The topological polar surface area (TPSA) is 43.4 Å². The van der Waals surface area contributed by atoms with E-state index in [9.17, 15) is 9.59 Å². The lowest BCUT2D eigenvalue weighted by Crippen LogP contribution is -2.25. The minimum Gasteiger partial charge on any atom is -0.460 e. The van der Waals surface area contributed by atoms with E-state index in [2.05, 4.69) is 15.9 Å². The summed E-state index contributed by atoms with van der Waals surface area (Å²) < 4.78 is 5.87. The lowest BCUT2D eigenvalue weighted by molar-refractivity contribution is -0.153. The van der Waals surface area contributed by atoms with Crippen LogP contribution in [0, 0.1) is 0 Å². The molecule has 0 saturated carbocycles. The van der Waals surface area contributed by atoms with Crippen LogP contribution in [0.3, 0.4) is 0 Å². The van der Waals surface area contributed by atoms with E-state index >= 15 is 0 Å². The Morgan fingerprint density at radius 3 is 2.24 bits per heavy atom. The van der Waals surface area contributed by atoms with Gasteiger partial charge in [-0.15, -0.1) is 0 Å². The van der Waals surface area contributed by atoms with Gasteiger partial charge in [-0.3, -0.25) is 9.59 Å². The molecule has 25 heavy (non-hydrogen) atoms. The molecule has 0 N–H and O–H groups in total. The maximum absolute atomic E-state index is 12.6. The largest absolute Gasteiger partial charge is 0.460 e. The van der Waals surface area contributed by atoms with Gasteiger partial charge in [0.2, 0.25) is 0 Å². The van der Waals surface area contributed by atoms with Crippen molar-refractivity contribution >= 4 is 50.9 Å². The second kappa shape index (κ2) is 7.90. The van der Waals surface area contributed by atoms with Crippen LogP contribution in [0.15, 0.2) is 40.9 Å². The van der Waals surface area contributed by atoms with Crippen molar-refractivity contribution in [2.45, 2.75) is 32.8 Å². The van der Waals surface area contributed by atoms with Crippen LogP contribution in [0.4, 0.5) is 0 Å². The van der Waals surface area contributed by atoms with E-state index in [1.165, 1.54) is 0 Å². The molecule has 2 rings (SSSR count). The molecule has 0 saturated heterocycles. The van der Waals surface area contributed by atoms with E-state index in [0.717, 1.165) is 0 Å². The van der Waals surface area contributed by atoms with Gasteiger partial charge in [-0.05, 0) is 62.7 Å². The van der Waals surface area contributed by atoms with Gasteiger partial charge < -0.3 is 4.74 Å². The predicted molar refractivity (Wildman–Crippen MR) is 104 cm³/mol. The number of hydrogen-bond donors (Lipinski definition) is 0. The molecule has 0 heterocycles. The summed E-state index contributed by atoms with van der Waals surface area (Å²) in [5.41, 5.74) is 0.947. The van der Waals surface area contributed by atoms with Gasteiger partial charge in [0.15, 0.2) is 5.78 Å².